The van der Waals surface area contributed by atoms with E-state index in [0.717, 1.165) is 24.1 Å². The van der Waals surface area contributed by atoms with Crippen LogP contribution in [0.4, 0.5) is 5.82 Å². The molecule has 13 heavy (non-hydrogen) atoms. The molecule has 0 aromatic carbocycles. The number of nitrogens with two attached hydrogens (primary N) is 1. The maximum absolute atomic E-state index is 5.57. The highest BCUT2D eigenvalue weighted by molar-refractivity contribution is 5.71. The topological polar surface area (TPSA) is 69.6 Å². The Morgan fingerprint density at radius 2 is 2.31 bits per heavy atom. The van der Waals surface area contributed by atoms with Crippen molar-refractivity contribution in [3.05, 3.63) is 12.1 Å². The van der Waals surface area contributed by atoms with E-state index in [1.807, 2.05) is 6.07 Å². The molecule has 0 aliphatic heterocycles. The van der Waals surface area contributed by atoms with Gasteiger partial charge < -0.3 is 5.73 Å². The molecule has 0 unspecified atom stereocenters. The minimum atomic E-state index is 0.507. The second-order valence-corrected chi connectivity index (χ2v) is 2.89. The largest absolute Gasteiger partial charge is 0.384 e. The maximum atomic E-state index is 5.57. The van der Waals surface area contributed by atoms with E-state index in [1.54, 1.807) is 10.7 Å². The Balaban J connectivity index is 2.58. The van der Waals surface area contributed by atoms with E-state index in [9.17, 15) is 0 Å². The van der Waals surface area contributed by atoms with E-state index in [2.05, 4.69) is 22.2 Å². The first-order chi connectivity index (χ1) is 6.31. The van der Waals surface area contributed by atoms with Crippen molar-refractivity contribution in [2.75, 3.05) is 5.73 Å². The lowest BCUT2D eigenvalue weighted by Gasteiger charge is -1.97. The second kappa shape index (κ2) is 3.01. The Morgan fingerprint density at radius 1 is 1.46 bits per heavy atom. The fourth-order valence-electron chi connectivity index (χ4n) is 1.23. The molecule has 0 aliphatic carbocycles. The molecule has 5 nitrogen and oxygen atoms in total. The monoisotopic (exact) mass is 177 g/mol. The van der Waals surface area contributed by atoms with E-state index in [0.29, 0.717) is 5.82 Å². The average Bonchev–Trinajstić information content (AvgIpc) is 2.49. The van der Waals surface area contributed by atoms with Crippen LogP contribution in [0.15, 0.2) is 12.1 Å². The Kier molecular flexibility index (Phi) is 1.84. The van der Waals surface area contributed by atoms with Gasteiger partial charge in [0.05, 0.1) is 0 Å². The van der Waals surface area contributed by atoms with Gasteiger partial charge in [-0.15, -0.1) is 5.10 Å². The molecule has 0 fully saturated rings. The van der Waals surface area contributed by atoms with Crippen LogP contribution in [-0.4, -0.2) is 20.0 Å². The summed E-state index contributed by atoms with van der Waals surface area (Å²) in [6.45, 7) is 2.91. The molecule has 5 heteroatoms. The van der Waals surface area contributed by atoms with E-state index >= 15 is 0 Å². The van der Waals surface area contributed by atoms with Crippen LogP contribution in [0.2, 0.25) is 0 Å². The molecular formula is C8H11N5. The van der Waals surface area contributed by atoms with Crippen LogP contribution in [0, 0.1) is 0 Å². The molecule has 0 amide bonds. The molecule has 0 aliphatic rings. The molecule has 0 saturated heterocycles. The first-order valence-corrected chi connectivity index (χ1v) is 4.27. The zero-order valence-electron chi connectivity index (χ0n) is 7.44. The minimum absolute atomic E-state index is 0.507. The highest BCUT2D eigenvalue weighted by atomic mass is 15.4. The minimum Gasteiger partial charge on any atom is -0.384 e. The van der Waals surface area contributed by atoms with Crippen molar-refractivity contribution in [1.82, 2.24) is 20.0 Å². The molecule has 2 aromatic rings. The Labute approximate surface area is 75.6 Å². The third kappa shape index (κ3) is 1.32. The molecule has 0 atom stereocenters. The van der Waals surface area contributed by atoms with Crippen molar-refractivity contribution >= 4 is 17.0 Å². The summed E-state index contributed by atoms with van der Waals surface area (Å²) >= 11 is 0. The standard InChI is InChI=1S/C8H11N5/c1-2-5-13-8-6(11-12-13)3-4-7(9)10-8/h3-4H,2,5H2,1H3,(H2,9,10). The van der Waals surface area contributed by atoms with Crippen LogP contribution in [0.5, 0.6) is 0 Å². The zero-order valence-corrected chi connectivity index (χ0v) is 7.44. The summed E-state index contributed by atoms with van der Waals surface area (Å²) in [4.78, 5) is 4.17. The molecule has 2 heterocycles. The van der Waals surface area contributed by atoms with Crippen LogP contribution in [0.3, 0.4) is 0 Å². The lowest BCUT2D eigenvalue weighted by Crippen LogP contribution is -2.01. The van der Waals surface area contributed by atoms with E-state index < -0.39 is 0 Å². The van der Waals surface area contributed by atoms with Crippen molar-refractivity contribution in [1.29, 1.82) is 0 Å². The number of fused-ring (bicyclic) bond motifs is 1. The predicted molar refractivity (Wildman–Crippen MR) is 50.0 cm³/mol. The van der Waals surface area contributed by atoms with E-state index in [1.165, 1.54) is 0 Å². The van der Waals surface area contributed by atoms with Gasteiger partial charge in [0.2, 0.25) is 0 Å². The molecule has 0 radical (unpaired) electrons. The van der Waals surface area contributed by atoms with Gasteiger partial charge in [-0.25, -0.2) is 9.67 Å². The summed E-state index contributed by atoms with van der Waals surface area (Å²) in [7, 11) is 0. The summed E-state index contributed by atoms with van der Waals surface area (Å²) in [5, 5.41) is 7.95. The van der Waals surface area contributed by atoms with Gasteiger partial charge in [-0.3, -0.25) is 0 Å². The van der Waals surface area contributed by atoms with Crippen molar-refractivity contribution < 1.29 is 0 Å². The Bertz CT molecular complexity index is 419. The summed E-state index contributed by atoms with van der Waals surface area (Å²) in [6, 6.07) is 3.56. The SMILES string of the molecule is CCCn1nnc2ccc(N)nc21. The van der Waals surface area contributed by atoms with Gasteiger partial charge >= 0.3 is 0 Å². The van der Waals surface area contributed by atoms with Crippen LogP contribution < -0.4 is 5.73 Å². The molecule has 68 valence electrons. The zero-order chi connectivity index (χ0) is 9.26. The van der Waals surface area contributed by atoms with Crippen LogP contribution in [0.1, 0.15) is 13.3 Å². The van der Waals surface area contributed by atoms with Gasteiger partial charge in [0.1, 0.15) is 11.3 Å². The van der Waals surface area contributed by atoms with Crippen molar-refractivity contribution in [3.8, 4) is 0 Å². The maximum Gasteiger partial charge on any atom is 0.180 e. The summed E-state index contributed by atoms with van der Waals surface area (Å²) < 4.78 is 1.77. The molecular weight excluding hydrogens is 166 g/mol. The smallest absolute Gasteiger partial charge is 0.180 e. The van der Waals surface area contributed by atoms with Crippen LogP contribution >= 0.6 is 0 Å². The molecule has 0 spiro atoms. The Morgan fingerprint density at radius 3 is 3.08 bits per heavy atom. The molecule has 0 bridgehead atoms. The quantitative estimate of drug-likeness (QED) is 0.737. The number of anilines is 1. The fourth-order valence-corrected chi connectivity index (χ4v) is 1.23. The van der Waals surface area contributed by atoms with Crippen molar-refractivity contribution in [2.45, 2.75) is 19.9 Å². The number of aromatic nitrogens is 4. The normalized spacial score (nSPS) is 10.8. The lowest BCUT2D eigenvalue weighted by molar-refractivity contribution is 0.591. The number of pyridine rings is 1. The van der Waals surface area contributed by atoms with E-state index in [-0.39, 0.29) is 0 Å². The van der Waals surface area contributed by atoms with Crippen LogP contribution in [-0.2, 0) is 6.54 Å². The number of aryl methyl sites for hydroxylation is 1. The first kappa shape index (κ1) is 7.97. The Hall–Kier alpha value is -1.65. The van der Waals surface area contributed by atoms with Crippen molar-refractivity contribution in [2.24, 2.45) is 0 Å². The predicted octanol–water partition coefficient (Wildman–Crippen LogP) is 0.819. The molecule has 2 aromatic heterocycles. The number of nitrogen functional groups attached to an aromatic ring is 1. The fraction of sp³-hybridized carbons (Fsp3) is 0.375. The van der Waals surface area contributed by atoms with Gasteiger partial charge in [0.25, 0.3) is 0 Å². The second-order valence-electron chi connectivity index (χ2n) is 2.89. The van der Waals surface area contributed by atoms with Gasteiger partial charge in [-0.1, -0.05) is 12.1 Å². The van der Waals surface area contributed by atoms with Gasteiger partial charge in [-0.05, 0) is 18.6 Å². The average molecular weight is 177 g/mol. The first-order valence-electron chi connectivity index (χ1n) is 4.27. The highest BCUT2D eigenvalue weighted by Gasteiger charge is 2.04. The summed E-state index contributed by atoms with van der Waals surface area (Å²) in [5.41, 5.74) is 7.13. The number of nitrogens with zero attached hydrogens (tertiary/aromatic N) is 4. The number of rotatable bonds is 2. The molecule has 2 N–H and O–H groups in total. The third-order valence-corrected chi connectivity index (χ3v) is 1.82. The van der Waals surface area contributed by atoms with Gasteiger partial charge in [-0.2, -0.15) is 0 Å². The number of hydrogen-bond donors (Lipinski definition) is 1. The van der Waals surface area contributed by atoms with Gasteiger partial charge in [0.15, 0.2) is 5.65 Å². The third-order valence-electron chi connectivity index (χ3n) is 1.82. The summed E-state index contributed by atoms with van der Waals surface area (Å²) in [6.07, 6.45) is 1.01. The molecule has 0 saturated carbocycles. The van der Waals surface area contributed by atoms with Crippen LogP contribution in [0.25, 0.3) is 11.2 Å². The lowest BCUT2D eigenvalue weighted by atomic mass is 10.4. The summed E-state index contributed by atoms with van der Waals surface area (Å²) in [5.74, 6) is 0.507. The highest BCUT2D eigenvalue weighted by Crippen LogP contribution is 2.10. The van der Waals surface area contributed by atoms with Gasteiger partial charge in [0, 0.05) is 6.54 Å². The van der Waals surface area contributed by atoms with E-state index in [4.69, 9.17) is 5.73 Å². The van der Waals surface area contributed by atoms with Crippen molar-refractivity contribution in [3.63, 3.8) is 0 Å². The number of hydrogen-bond acceptors (Lipinski definition) is 4. The molecule has 2 rings (SSSR count).